The Bertz CT molecular complexity index is 1020. The summed E-state index contributed by atoms with van der Waals surface area (Å²) in [7, 11) is 0. The molecule has 4 aromatic rings. The van der Waals surface area contributed by atoms with Crippen LogP contribution >= 0.6 is 11.3 Å². The van der Waals surface area contributed by atoms with Gasteiger partial charge >= 0.3 is 0 Å². The van der Waals surface area contributed by atoms with Gasteiger partial charge in [0.15, 0.2) is 0 Å². The van der Waals surface area contributed by atoms with E-state index < -0.39 is 6.10 Å². The second kappa shape index (κ2) is 7.39. The molecule has 0 saturated carbocycles. The van der Waals surface area contributed by atoms with Crippen molar-refractivity contribution in [3.8, 4) is 21.6 Å². The number of hydrogen-bond acceptors (Lipinski definition) is 3. The lowest BCUT2D eigenvalue weighted by Gasteiger charge is -2.15. The largest absolute Gasteiger partial charge is 0.384 e. The lowest BCUT2D eigenvalue weighted by Crippen LogP contribution is -2.02. The average molecular weight is 379 g/mol. The van der Waals surface area contributed by atoms with Crippen LogP contribution in [0.2, 0.25) is 0 Å². The molecule has 0 aliphatic heterocycles. The summed E-state index contributed by atoms with van der Waals surface area (Å²) in [6.07, 6.45) is 2.25. The first-order chi connectivity index (χ1) is 13.1. The van der Waals surface area contributed by atoms with E-state index in [1.807, 2.05) is 5.38 Å². The molecule has 27 heavy (non-hydrogen) atoms. The summed E-state index contributed by atoms with van der Waals surface area (Å²) >= 11 is 1.39. The fraction of sp³-hybridized carbons (Fsp3) is 0.0455. The van der Waals surface area contributed by atoms with Crippen LogP contribution in [-0.4, -0.2) is 10.1 Å². The number of aliphatic hydroxyl groups is 1. The number of aromatic nitrogens is 1. The molecule has 2 heterocycles. The monoisotopic (exact) mass is 379 g/mol. The molecule has 0 aliphatic carbocycles. The Morgan fingerprint density at radius 3 is 2.26 bits per heavy atom. The highest BCUT2D eigenvalue weighted by atomic mass is 32.1. The van der Waals surface area contributed by atoms with Gasteiger partial charge in [-0.2, -0.15) is 0 Å². The lowest BCUT2D eigenvalue weighted by molar-refractivity contribution is 0.221. The molecule has 1 atom stereocenters. The molecule has 0 bridgehead atoms. The quantitative estimate of drug-likeness (QED) is 0.483. The van der Waals surface area contributed by atoms with E-state index >= 15 is 0 Å². The fourth-order valence-electron chi connectivity index (χ4n) is 3.08. The standard InChI is InChI=1S/C22H15F2NOS/c23-17-7-1-4-14(10-17)19-13-27-22(15-5-2-8-18(24)11-15)20(19)21(26)16-6-3-9-25-12-16/h1-13,21,26H. The Morgan fingerprint density at radius 2 is 1.59 bits per heavy atom. The Hall–Kier alpha value is -2.89. The molecule has 1 unspecified atom stereocenters. The summed E-state index contributed by atoms with van der Waals surface area (Å²) < 4.78 is 27.5. The van der Waals surface area contributed by atoms with E-state index in [1.54, 1.807) is 48.8 Å². The third-order valence-electron chi connectivity index (χ3n) is 4.33. The molecule has 2 aromatic carbocycles. The number of halogens is 2. The van der Waals surface area contributed by atoms with Gasteiger partial charge in [0.05, 0.1) is 0 Å². The van der Waals surface area contributed by atoms with Crippen molar-refractivity contribution < 1.29 is 13.9 Å². The van der Waals surface area contributed by atoms with Crippen molar-refractivity contribution in [2.45, 2.75) is 6.10 Å². The van der Waals surface area contributed by atoms with Crippen LogP contribution in [0.25, 0.3) is 21.6 Å². The van der Waals surface area contributed by atoms with E-state index in [9.17, 15) is 13.9 Å². The van der Waals surface area contributed by atoms with Crippen LogP contribution in [0.4, 0.5) is 8.78 Å². The topological polar surface area (TPSA) is 33.1 Å². The van der Waals surface area contributed by atoms with Gasteiger partial charge < -0.3 is 5.11 Å². The van der Waals surface area contributed by atoms with Gasteiger partial charge in [-0.05, 0) is 52.4 Å². The van der Waals surface area contributed by atoms with Crippen molar-refractivity contribution in [1.29, 1.82) is 0 Å². The summed E-state index contributed by atoms with van der Waals surface area (Å²) in [6.45, 7) is 0. The number of hydrogen-bond donors (Lipinski definition) is 1. The van der Waals surface area contributed by atoms with Gasteiger partial charge in [0.2, 0.25) is 0 Å². The number of thiophene rings is 1. The highest BCUT2D eigenvalue weighted by Crippen LogP contribution is 2.43. The van der Waals surface area contributed by atoms with Gasteiger partial charge in [-0.1, -0.05) is 30.3 Å². The molecule has 1 N–H and O–H groups in total. The predicted octanol–water partition coefficient (Wildman–Crippen LogP) is 5.84. The summed E-state index contributed by atoms with van der Waals surface area (Å²) in [5.74, 6) is -0.706. The molecular formula is C22H15F2NOS. The Labute approximate surface area is 159 Å². The van der Waals surface area contributed by atoms with Gasteiger partial charge in [0.25, 0.3) is 0 Å². The maximum Gasteiger partial charge on any atom is 0.123 e. The summed E-state index contributed by atoms with van der Waals surface area (Å²) in [5, 5.41) is 12.9. The van der Waals surface area contributed by atoms with Gasteiger partial charge in [-0.25, -0.2) is 8.78 Å². The minimum atomic E-state index is -0.971. The number of benzene rings is 2. The molecule has 0 aliphatic rings. The zero-order valence-electron chi connectivity index (χ0n) is 14.1. The highest BCUT2D eigenvalue weighted by Gasteiger charge is 2.23. The molecule has 4 rings (SSSR count). The second-order valence-electron chi connectivity index (χ2n) is 6.10. The number of nitrogens with zero attached hydrogens (tertiary/aromatic N) is 1. The number of pyridine rings is 1. The van der Waals surface area contributed by atoms with E-state index in [4.69, 9.17) is 0 Å². The zero-order valence-corrected chi connectivity index (χ0v) is 15.0. The lowest BCUT2D eigenvalue weighted by atomic mass is 9.93. The van der Waals surface area contributed by atoms with Crippen LogP contribution < -0.4 is 0 Å². The predicted molar refractivity (Wildman–Crippen MR) is 103 cm³/mol. The van der Waals surface area contributed by atoms with E-state index in [-0.39, 0.29) is 11.6 Å². The number of aliphatic hydroxyl groups excluding tert-OH is 1. The minimum Gasteiger partial charge on any atom is -0.384 e. The SMILES string of the molecule is OC(c1cccnc1)c1c(-c2cccc(F)c2)csc1-c1cccc(F)c1. The van der Waals surface area contributed by atoms with Crippen LogP contribution in [0.3, 0.4) is 0 Å². The van der Waals surface area contributed by atoms with E-state index in [1.165, 1.54) is 35.6 Å². The van der Waals surface area contributed by atoms with Crippen molar-refractivity contribution in [1.82, 2.24) is 4.98 Å². The van der Waals surface area contributed by atoms with Gasteiger partial charge in [0.1, 0.15) is 17.7 Å². The third kappa shape index (κ3) is 3.52. The molecule has 0 amide bonds. The minimum absolute atomic E-state index is 0.352. The summed E-state index contributed by atoms with van der Waals surface area (Å²) in [6, 6.07) is 16.0. The van der Waals surface area contributed by atoms with Crippen LogP contribution in [0.5, 0.6) is 0 Å². The molecule has 0 saturated heterocycles. The molecule has 2 aromatic heterocycles. The van der Waals surface area contributed by atoms with Gasteiger partial charge in [-0.15, -0.1) is 11.3 Å². The maximum atomic E-state index is 13.8. The molecular weight excluding hydrogens is 364 g/mol. The van der Waals surface area contributed by atoms with Crippen molar-refractivity contribution >= 4 is 11.3 Å². The smallest absolute Gasteiger partial charge is 0.123 e. The zero-order chi connectivity index (χ0) is 18.8. The third-order valence-corrected chi connectivity index (χ3v) is 5.37. The van der Waals surface area contributed by atoms with Crippen LogP contribution in [0, 0.1) is 11.6 Å². The Morgan fingerprint density at radius 1 is 0.889 bits per heavy atom. The molecule has 0 fully saturated rings. The molecule has 0 spiro atoms. The van der Waals surface area contributed by atoms with Crippen LogP contribution in [-0.2, 0) is 0 Å². The van der Waals surface area contributed by atoms with Crippen LogP contribution in [0.1, 0.15) is 17.2 Å². The summed E-state index contributed by atoms with van der Waals surface area (Å²) in [4.78, 5) is 4.81. The second-order valence-corrected chi connectivity index (χ2v) is 6.98. The molecule has 5 heteroatoms. The van der Waals surface area contributed by atoms with Crippen molar-refractivity contribution in [2.75, 3.05) is 0 Å². The number of rotatable bonds is 4. The maximum absolute atomic E-state index is 13.8. The summed E-state index contributed by atoms with van der Waals surface area (Å²) in [5.41, 5.74) is 3.28. The average Bonchev–Trinajstić information content (AvgIpc) is 3.13. The van der Waals surface area contributed by atoms with Gasteiger partial charge in [-0.3, -0.25) is 4.98 Å². The molecule has 2 nitrogen and oxygen atoms in total. The Kier molecular flexibility index (Phi) is 4.79. The molecule has 0 radical (unpaired) electrons. The normalized spacial score (nSPS) is 12.1. The van der Waals surface area contributed by atoms with Crippen LogP contribution in [0.15, 0.2) is 78.4 Å². The van der Waals surface area contributed by atoms with Crippen molar-refractivity contribution in [3.05, 3.63) is 101 Å². The highest BCUT2D eigenvalue weighted by molar-refractivity contribution is 7.14. The van der Waals surface area contributed by atoms with Crippen molar-refractivity contribution in [2.24, 2.45) is 0 Å². The first-order valence-electron chi connectivity index (χ1n) is 8.35. The van der Waals surface area contributed by atoms with E-state index in [2.05, 4.69) is 4.98 Å². The first kappa shape index (κ1) is 17.5. The van der Waals surface area contributed by atoms with E-state index in [0.29, 0.717) is 22.3 Å². The molecule has 134 valence electrons. The first-order valence-corrected chi connectivity index (χ1v) is 9.22. The van der Waals surface area contributed by atoms with Gasteiger partial charge in [0, 0.05) is 28.4 Å². The fourth-order valence-corrected chi connectivity index (χ4v) is 4.19. The van der Waals surface area contributed by atoms with E-state index in [0.717, 1.165) is 10.4 Å². The Balaban J connectivity index is 1.93. The van der Waals surface area contributed by atoms with Crippen molar-refractivity contribution in [3.63, 3.8) is 0 Å².